The largest absolute Gasteiger partial charge is 0.379 e. The Labute approximate surface area is 214 Å². The molecule has 0 bridgehead atoms. The summed E-state index contributed by atoms with van der Waals surface area (Å²) in [6.45, 7) is 2.61. The van der Waals surface area contributed by atoms with Crippen molar-refractivity contribution < 1.29 is 19.1 Å². The molecule has 0 radical (unpaired) electrons. The maximum Gasteiger partial charge on any atom is 0.236 e. The lowest BCUT2D eigenvalue weighted by Gasteiger charge is -2.19. The Morgan fingerprint density at radius 2 is 1.42 bits per heavy atom. The molecule has 36 heavy (non-hydrogen) atoms. The smallest absolute Gasteiger partial charge is 0.236 e. The van der Waals surface area contributed by atoms with Gasteiger partial charge in [-0.15, -0.1) is 0 Å². The van der Waals surface area contributed by atoms with E-state index in [2.05, 4.69) is 20.7 Å². The lowest BCUT2D eigenvalue weighted by molar-refractivity contribution is -0.130. The van der Waals surface area contributed by atoms with Gasteiger partial charge in [-0.05, 0) is 57.1 Å². The maximum absolute atomic E-state index is 12.7. The van der Waals surface area contributed by atoms with Crippen LogP contribution in [0.4, 0.5) is 0 Å². The van der Waals surface area contributed by atoms with Gasteiger partial charge in [0.1, 0.15) is 5.78 Å². The molecule has 0 saturated heterocycles. The molecule has 13 heteroatoms. The van der Waals surface area contributed by atoms with Gasteiger partial charge in [0.25, 0.3) is 0 Å². The van der Waals surface area contributed by atoms with Crippen LogP contribution in [-0.4, -0.2) is 75.6 Å². The highest BCUT2D eigenvalue weighted by Gasteiger charge is 2.24. The molecule has 10 N–H and O–H groups in total. The summed E-state index contributed by atoms with van der Waals surface area (Å²) >= 11 is 0. The van der Waals surface area contributed by atoms with E-state index in [0.717, 1.165) is 25.7 Å². The Balaban J connectivity index is 4.57. The lowest BCUT2D eigenvalue weighted by atomic mass is 9.91. The molecule has 0 spiro atoms. The van der Waals surface area contributed by atoms with Gasteiger partial charge in [-0.2, -0.15) is 0 Å². The minimum absolute atomic E-state index is 0.0613. The van der Waals surface area contributed by atoms with Crippen molar-refractivity contribution in [2.75, 3.05) is 45.9 Å². The third-order valence-electron chi connectivity index (χ3n) is 5.73. The van der Waals surface area contributed by atoms with Crippen molar-refractivity contribution in [1.29, 1.82) is 0 Å². The number of hydrogen-bond donors (Lipinski definition) is 6. The number of unbranched alkanes of at least 4 members (excludes halogenated alkanes) is 3. The lowest BCUT2D eigenvalue weighted by Crippen LogP contribution is -2.41. The summed E-state index contributed by atoms with van der Waals surface area (Å²) in [5.74, 6) is -1.09. The van der Waals surface area contributed by atoms with Gasteiger partial charge in [-0.3, -0.25) is 14.4 Å². The van der Waals surface area contributed by atoms with Gasteiger partial charge in [0.2, 0.25) is 11.8 Å². The maximum atomic E-state index is 12.7. The zero-order valence-electron chi connectivity index (χ0n) is 21.5. The van der Waals surface area contributed by atoms with Crippen molar-refractivity contribution in [2.24, 2.45) is 34.0 Å². The van der Waals surface area contributed by atoms with Crippen LogP contribution in [0.1, 0.15) is 64.2 Å². The summed E-state index contributed by atoms with van der Waals surface area (Å²) in [5.41, 5.74) is 31.1. The van der Waals surface area contributed by atoms with Crippen LogP contribution in [0, 0.1) is 5.92 Å². The van der Waals surface area contributed by atoms with Gasteiger partial charge >= 0.3 is 0 Å². The molecule has 0 heterocycles. The molecule has 3 atom stereocenters. The highest BCUT2D eigenvalue weighted by molar-refractivity contribution is 5.89. The third kappa shape index (κ3) is 18.1. The molecule has 0 aliphatic rings. The van der Waals surface area contributed by atoms with Crippen LogP contribution >= 0.6 is 0 Å². The normalized spacial score (nSPS) is 13.3. The number of nitrogens with one attached hydrogen (secondary N) is 2. The predicted octanol–water partition coefficient (Wildman–Crippen LogP) is 0.204. The monoisotopic (exact) mass is 513 g/mol. The molecule has 0 aliphatic carbocycles. The van der Waals surface area contributed by atoms with Gasteiger partial charge in [-0.25, -0.2) is 0 Å². The van der Waals surface area contributed by atoms with Gasteiger partial charge < -0.3 is 38.3 Å². The van der Waals surface area contributed by atoms with Crippen LogP contribution in [-0.2, 0) is 19.1 Å². The molecule has 0 aliphatic heterocycles. The SMILES string of the molecule is [N-]=[N+]=NCCOCCNC(=O)[C@H](CCCCNC(=O)[C@@H](N)CCCCN)CC(=O)[C@@H](N)CCCCN. The van der Waals surface area contributed by atoms with E-state index in [-0.39, 0.29) is 50.3 Å². The number of azide groups is 1. The quantitative estimate of drug-likeness (QED) is 0.0450. The van der Waals surface area contributed by atoms with E-state index >= 15 is 0 Å². The Morgan fingerprint density at radius 1 is 0.806 bits per heavy atom. The van der Waals surface area contributed by atoms with Gasteiger partial charge in [0, 0.05) is 36.9 Å². The van der Waals surface area contributed by atoms with E-state index in [1.54, 1.807) is 0 Å². The second-order valence-corrected chi connectivity index (χ2v) is 8.79. The summed E-state index contributed by atoms with van der Waals surface area (Å²) in [5, 5.41) is 8.99. The number of hydrogen-bond acceptors (Lipinski definition) is 9. The first-order valence-corrected chi connectivity index (χ1v) is 12.9. The van der Waals surface area contributed by atoms with Gasteiger partial charge in [0.05, 0.1) is 25.3 Å². The first-order chi connectivity index (χ1) is 17.4. The molecule has 0 rings (SSSR count). The summed E-state index contributed by atoms with van der Waals surface area (Å²) in [6, 6.07) is -1.17. The van der Waals surface area contributed by atoms with E-state index in [1.807, 2.05) is 0 Å². The summed E-state index contributed by atoms with van der Waals surface area (Å²) in [7, 11) is 0. The van der Waals surface area contributed by atoms with Crippen LogP contribution in [0.15, 0.2) is 5.11 Å². The molecule has 0 aromatic heterocycles. The molecule has 0 unspecified atom stereocenters. The number of carbonyl (C=O) groups excluding carboxylic acids is 3. The molecule has 0 aromatic rings. The number of amides is 2. The average molecular weight is 514 g/mol. The number of ketones is 1. The Kier molecular flexibility index (Phi) is 21.7. The molecule has 0 saturated carbocycles. The van der Waals surface area contributed by atoms with E-state index in [9.17, 15) is 14.4 Å². The number of nitrogens with zero attached hydrogens (tertiary/aromatic N) is 3. The van der Waals surface area contributed by atoms with Crippen LogP contribution in [0.3, 0.4) is 0 Å². The Bertz CT molecular complexity index is 659. The first kappa shape index (κ1) is 33.7. The van der Waals surface area contributed by atoms with E-state index in [4.69, 9.17) is 33.2 Å². The van der Waals surface area contributed by atoms with Crippen molar-refractivity contribution >= 4 is 17.6 Å². The van der Waals surface area contributed by atoms with Crippen molar-refractivity contribution in [3.63, 3.8) is 0 Å². The van der Waals surface area contributed by atoms with Gasteiger partial charge in [-0.1, -0.05) is 24.4 Å². The predicted molar refractivity (Wildman–Crippen MR) is 140 cm³/mol. The molecule has 13 nitrogen and oxygen atoms in total. The standard InChI is InChI=1S/C23H47N9O4/c24-10-4-1-8-19(26)21(33)17-18(22(34)30-13-15-36-16-14-31-32-28)7-3-6-12-29-23(35)20(27)9-2-5-11-25/h18-20H,1-17,24-27H2,(H,29,35)(H,30,34)/t18-,19+,20+/m1/s1. The van der Waals surface area contributed by atoms with E-state index in [0.29, 0.717) is 51.7 Å². The number of Topliss-reactive ketones (excluding diaryl/α,β-unsaturated/α-hetero) is 1. The van der Waals surface area contributed by atoms with Crippen LogP contribution < -0.4 is 33.6 Å². The minimum Gasteiger partial charge on any atom is -0.379 e. The number of carbonyl (C=O) groups is 3. The number of nitrogens with two attached hydrogens (primary N) is 4. The van der Waals surface area contributed by atoms with E-state index < -0.39 is 18.0 Å². The van der Waals surface area contributed by atoms with Crippen LogP contribution in [0.5, 0.6) is 0 Å². The summed E-state index contributed by atoms with van der Waals surface area (Å²) < 4.78 is 5.29. The Hall–Kier alpha value is -2.28. The topological polar surface area (TPSA) is 237 Å². The van der Waals surface area contributed by atoms with Crippen molar-refractivity contribution in [1.82, 2.24) is 10.6 Å². The molecule has 0 aromatic carbocycles. The average Bonchev–Trinajstić information content (AvgIpc) is 2.86. The number of ether oxygens (including phenoxy) is 1. The highest BCUT2D eigenvalue weighted by atomic mass is 16.5. The molecule has 0 fully saturated rings. The summed E-state index contributed by atoms with van der Waals surface area (Å²) in [6.07, 6.45) is 6.20. The van der Waals surface area contributed by atoms with Gasteiger partial charge in [0.15, 0.2) is 0 Å². The van der Waals surface area contributed by atoms with Crippen LogP contribution in [0.25, 0.3) is 10.4 Å². The minimum atomic E-state index is -0.615. The molecule has 2 amide bonds. The number of rotatable bonds is 24. The van der Waals surface area contributed by atoms with E-state index in [1.165, 1.54) is 0 Å². The fraction of sp³-hybridized carbons (Fsp3) is 0.870. The van der Waals surface area contributed by atoms with Crippen LogP contribution in [0.2, 0.25) is 0 Å². The summed E-state index contributed by atoms with van der Waals surface area (Å²) in [4.78, 5) is 40.1. The second-order valence-electron chi connectivity index (χ2n) is 8.79. The Morgan fingerprint density at radius 3 is 2.06 bits per heavy atom. The molecular weight excluding hydrogens is 466 g/mol. The van der Waals surface area contributed by atoms with Crippen molar-refractivity contribution in [3.05, 3.63) is 10.4 Å². The fourth-order valence-corrected chi connectivity index (χ4v) is 3.53. The molecular formula is C23H47N9O4. The zero-order valence-corrected chi connectivity index (χ0v) is 21.5. The first-order valence-electron chi connectivity index (χ1n) is 12.9. The molecule has 208 valence electrons. The second kappa shape index (κ2) is 23.1. The third-order valence-corrected chi connectivity index (χ3v) is 5.73. The van der Waals surface area contributed by atoms with Crippen molar-refractivity contribution in [2.45, 2.75) is 76.3 Å². The highest BCUT2D eigenvalue weighted by Crippen LogP contribution is 2.16. The zero-order chi connectivity index (χ0) is 27.0. The fourth-order valence-electron chi connectivity index (χ4n) is 3.53. The van der Waals surface area contributed by atoms with Crippen molar-refractivity contribution in [3.8, 4) is 0 Å².